The van der Waals surface area contributed by atoms with Crippen LogP contribution < -0.4 is 9.80 Å². The lowest BCUT2D eigenvalue weighted by Gasteiger charge is -2.35. The smallest absolute Gasteiger partial charge is 0.0713 e. The molecule has 12 aromatic rings. The molecule has 0 amide bonds. The highest BCUT2D eigenvalue weighted by molar-refractivity contribution is 5.94. The van der Waals surface area contributed by atoms with Crippen LogP contribution in [-0.2, 0) is 16.2 Å². The molecule has 2 heteroatoms. The summed E-state index contributed by atoms with van der Waals surface area (Å²) in [7, 11) is 0. The third-order valence-corrected chi connectivity index (χ3v) is 17.7. The number of nitrogens with zero attached hydrogens (tertiary/aromatic N) is 2. The van der Waals surface area contributed by atoms with Gasteiger partial charge in [-0.05, 0) is 172 Å². The van der Waals surface area contributed by atoms with E-state index in [4.69, 9.17) is 0 Å². The van der Waals surface area contributed by atoms with Gasteiger partial charge in [0.15, 0.2) is 0 Å². The number of hydrogen-bond donors (Lipinski definition) is 0. The summed E-state index contributed by atoms with van der Waals surface area (Å²) >= 11 is 0. The maximum absolute atomic E-state index is 2.45. The first-order chi connectivity index (χ1) is 37.7. The molecule has 0 radical (unpaired) electrons. The normalized spacial score (nSPS) is 14.5. The molecule has 0 heterocycles. The van der Waals surface area contributed by atoms with Gasteiger partial charge in [0.1, 0.15) is 0 Å². The van der Waals surface area contributed by atoms with E-state index in [0.29, 0.717) is 0 Å². The van der Waals surface area contributed by atoms with Crippen molar-refractivity contribution in [1.29, 1.82) is 0 Å². The van der Waals surface area contributed by atoms with Crippen molar-refractivity contribution in [3.63, 3.8) is 0 Å². The average Bonchev–Trinajstić information content (AvgIpc) is 4.24. The van der Waals surface area contributed by atoms with Crippen LogP contribution in [0, 0.1) is 0 Å². The van der Waals surface area contributed by atoms with Gasteiger partial charge in [0.25, 0.3) is 0 Å². The van der Waals surface area contributed by atoms with Gasteiger partial charge in [-0.1, -0.05) is 222 Å². The second kappa shape index (κ2) is 16.9. The summed E-state index contributed by atoms with van der Waals surface area (Å²) in [5.41, 5.74) is 24.2. The lowest BCUT2D eigenvalue weighted by molar-refractivity contribution is 0.660. The van der Waals surface area contributed by atoms with Crippen LogP contribution in [0.4, 0.5) is 34.1 Å². The van der Waals surface area contributed by atoms with E-state index in [1.165, 1.54) is 99.4 Å². The molecule has 0 saturated carbocycles. The first-order valence-corrected chi connectivity index (χ1v) is 27.2. The molecule has 12 aromatic carbocycles. The molecule has 0 N–H and O–H groups in total. The lowest BCUT2D eigenvalue weighted by Crippen LogP contribution is -2.28. The summed E-state index contributed by atoms with van der Waals surface area (Å²) in [5.74, 6) is 0. The van der Waals surface area contributed by atoms with Crippen molar-refractivity contribution in [2.45, 2.75) is 43.9 Å². The quantitative estimate of drug-likeness (QED) is 0.150. The predicted octanol–water partition coefficient (Wildman–Crippen LogP) is 19.9. The van der Waals surface area contributed by atoms with E-state index in [2.05, 4.69) is 304 Å². The second-order valence-electron chi connectivity index (χ2n) is 22.5. The molecular formula is C75H56N2. The van der Waals surface area contributed by atoms with Gasteiger partial charge in [0.05, 0.1) is 5.41 Å². The molecule has 366 valence electrons. The SMILES string of the molecule is CC1(C)c2ccccc2-c2ccc(N(c3ccc(C4(c5ccc(N(c6ccc7c(c6)C(C)(C)c6ccccc6-7)c6ccc7ccccc7c6)cc5)c5ccccc5-c5ccccc54)cc3)c3ccc4ccccc4c3)cc21. The zero-order chi connectivity index (χ0) is 51.6. The van der Waals surface area contributed by atoms with Crippen LogP contribution in [0.1, 0.15) is 72.2 Å². The average molecular weight is 985 g/mol. The molecule has 0 saturated heterocycles. The van der Waals surface area contributed by atoms with Crippen LogP contribution in [0.3, 0.4) is 0 Å². The topological polar surface area (TPSA) is 6.48 Å². The fourth-order valence-corrected chi connectivity index (χ4v) is 13.9. The first kappa shape index (κ1) is 45.2. The van der Waals surface area contributed by atoms with E-state index >= 15 is 0 Å². The molecule has 0 aliphatic heterocycles. The third-order valence-electron chi connectivity index (χ3n) is 17.7. The van der Waals surface area contributed by atoms with Crippen molar-refractivity contribution in [1.82, 2.24) is 0 Å². The Hall–Kier alpha value is -9.24. The first-order valence-electron chi connectivity index (χ1n) is 27.2. The third kappa shape index (κ3) is 6.68. The van der Waals surface area contributed by atoms with Crippen molar-refractivity contribution < 1.29 is 0 Å². The maximum atomic E-state index is 2.45. The molecule has 15 rings (SSSR count). The summed E-state index contributed by atoms with van der Waals surface area (Å²) in [6, 6.07) is 100. The molecule has 0 spiro atoms. The molecule has 3 aliphatic carbocycles. The number of benzene rings is 12. The largest absolute Gasteiger partial charge is 0.310 e. The molecule has 0 unspecified atom stereocenters. The summed E-state index contributed by atoms with van der Waals surface area (Å²) in [6.07, 6.45) is 0. The van der Waals surface area contributed by atoms with Crippen LogP contribution in [-0.4, -0.2) is 0 Å². The minimum Gasteiger partial charge on any atom is -0.310 e. The molecule has 0 bridgehead atoms. The van der Waals surface area contributed by atoms with Crippen molar-refractivity contribution in [3.8, 4) is 33.4 Å². The second-order valence-corrected chi connectivity index (χ2v) is 22.5. The lowest BCUT2D eigenvalue weighted by atomic mass is 9.67. The van der Waals surface area contributed by atoms with Gasteiger partial charge < -0.3 is 9.80 Å². The van der Waals surface area contributed by atoms with Gasteiger partial charge in [-0.3, -0.25) is 0 Å². The van der Waals surface area contributed by atoms with Crippen molar-refractivity contribution >= 4 is 55.7 Å². The fourth-order valence-electron chi connectivity index (χ4n) is 13.9. The molecule has 3 aliphatic rings. The molecular weight excluding hydrogens is 929 g/mol. The van der Waals surface area contributed by atoms with E-state index in [9.17, 15) is 0 Å². The van der Waals surface area contributed by atoms with Crippen LogP contribution in [0.15, 0.2) is 267 Å². The van der Waals surface area contributed by atoms with Gasteiger partial charge in [-0.15, -0.1) is 0 Å². The number of fused-ring (bicyclic) bond motifs is 11. The molecule has 2 nitrogen and oxygen atoms in total. The molecule has 77 heavy (non-hydrogen) atoms. The highest BCUT2D eigenvalue weighted by atomic mass is 15.1. The zero-order valence-corrected chi connectivity index (χ0v) is 43.8. The Morgan fingerprint density at radius 3 is 0.909 bits per heavy atom. The zero-order valence-electron chi connectivity index (χ0n) is 43.8. The van der Waals surface area contributed by atoms with Crippen molar-refractivity contribution in [2.24, 2.45) is 0 Å². The van der Waals surface area contributed by atoms with Gasteiger partial charge in [-0.2, -0.15) is 0 Å². The van der Waals surface area contributed by atoms with Gasteiger partial charge in [0.2, 0.25) is 0 Å². The summed E-state index contributed by atoms with van der Waals surface area (Å²) in [6.45, 7) is 9.47. The Bertz CT molecular complexity index is 4070. The Kier molecular flexibility index (Phi) is 9.91. The van der Waals surface area contributed by atoms with E-state index in [1.807, 2.05) is 0 Å². The standard InChI is InChI=1S/C75H56N2/c1-73(2)67-25-13-9-21-61(67)65-43-41-59(47-71(65)73)76(57-35-29-49-17-5-7-19-51(49)45-57)55-37-31-53(32-38-55)75(69-27-15-11-23-63(69)64-24-12-16-28-70(64)75)54-33-39-56(40-34-54)77(58-36-30-50-18-6-8-20-52(50)46-58)60-42-44-66-62-22-10-14-26-68(62)74(3,4)72(66)48-60/h5-48H,1-4H3. The Balaban J connectivity index is 0.889. The van der Waals surface area contributed by atoms with Gasteiger partial charge in [-0.25, -0.2) is 0 Å². The summed E-state index contributed by atoms with van der Waals surface area (Å²) in [4.78, 5) is 4.90. The van der Waals surface area contributed by atoms with E-state index < -0.39 is 5.41 Å². The Morgan fingerprint density at radius 2 is 0.506 bits per heavy atom. The summed E-state index contributed by atoms with van der Waals surface area (Å²) < 4.78 is 0. The minimum atomic E-state index is -0.599. The Morgan fingerprint density at radius 1 is 0.221 bits per heavy atom. The van der Waals surface area contributed by atoms with E-state index in [0.717, 1.165) is 34.1 Å². The van der Waals surface area contributed by atoms with Crippen LogP contribution in [0.2, 0.25) is 0 Å². The van der Waals surface area contributed by atoms with Gasteiger partial charge >= 0.3 is 0 Å². The number of rotatable bonds is 8. The minimum absolute atomic E-state index is 0.136. The van der Waals surface area contributed by atoms with Crippen LogP contribution in [0.25, 0.3) is 54.9 Å². The highest BCUT2D eigenvalue weighted by Crippen LogP contribution is 2.58. The molecule has 0 fully saturated rings. The molecule has 0 aromatic heterocycles. The monoisotopic (exact) mass is 984 g/mol. The predicted molar refractivity (Wildman–Crippen MR) is 323 cm³/mol. The summed E-state index contributed by atoms with van der Waals surface area (Å²) in [5, 5.41) is 4.89. The van der Waals surface area contributed by atoms with Crippen molar-refractivity contribution in [2.75, 3.05) is 9.80 Å². The van der Waals surface area contributed by atoms with Crippen LogP contribution in [0.5, 0.6) is 0 Å². The Labute approximate surface area is 451 Å². The number of hydrogen-bond acceptors (Lipinski definition) is 2. The highest BCUT2D eigenvalue weighted by Gasteiger charge is 2.46. The van der Waals surface area contributed by atoms with E-state index in [1.54, 1.807) is 0 Å². The van der Waals surface area contributed by atoms with E-state index in [-0.39, 0.29) is 10.8 Å². The fraction of sp³-hybridized carbons (Fsp3) is 0.0933. The number of anilines is 6. The molecule has 0 atom stereocenters. The maximum Gasteiger partial charge on any atom is 0.0713 e. The van der Waals surface area contributed by atoms with Crippen LogP contribution >= 0.6 is 0 Å². The van der Waals surface area contributed by atoms with Crippen molar-refractivity contribution in [3.05, 3.63) is 311 Å². The van der Waals surface area contributed by atoms with Gasteiger partial charge in [0, 0.05) is 45.0 Å².